The zero-order valence-electron chi connectivity index (χ0n) is 13.4. The van der Waals surface area contributed by atoms with Crippen LogP contribution in [0.25, 0.3) is 5.69 Å². The SMILES string of the molecule is Cc1cn(-c2c(F)cccc2F)nc1C(=O)N[C@@H](C(=O)O)C(C)C. The van der Waals surface area contributed by atoms with E-state index >= 15 is 0 Å². The van der Waals surface area contributed by atoms with Crippen molar-refractivity contribution in [1.82, 2.24) is 15.1 Å². The van der Waals surface area contributed by atoms with E-state index in [1.807, 2.05) is 0 Å². The second-order valence-electron chi connectivity index (χ2n) is 5.71. The molecule has 1 atom stereocenters. The van der Waals surface area contributed by atoms with Gasteiger partial charge in [-0.05, 0) is 25.0 Å². The largest absolute Gasteiger partial charge is 0.480 e. The topological polar surface area (TPSA) is 84.2 Å². The molecule has 0 aliphatic rings. The van der Waals surface area contributed by atoms with Crippen LogP contribution in [-0.4, -0.2) is 32.8 Å². The monoisotopic (exact) mass is 337 g/mol. The van der Waals surface area contributed by atoms with Crippen LogP contribution < -0.4 is 5.32 Å². The molecule has 1 heterocycles. The second-order valence-corrected chi connectivity index (χ2v) is 5.71. The first kappa shape index (κ1) is 17.6. The summed E-state index contributed by atoms with van der Waals surface area (Å²) in [5.41, 5.74) is -0.133. The molecule has 0 saturated carbocycles. The smallest absolute Gasteiger partial charge is 0.326 e. The van der Waals surface area contributed by atoms with Gasteiger partial charge in [-0.2, -0.15) is 5.10 Å². The summed E-state index contributed by atoms with van der Waals surface area (Å²) in [6.45, 7) is 4.85. The summed E-state index contributed by atoms with van der Waals surface area (Å²) in [7, 11) is 0. The fourth-order valence-electron chi connectivity index (χ4n) is 2.23. The van der Waals surface area contributed by atoms with Gasteiger partial charge in [0.15, 0.2) is 17.3 Å². The van der Waals surface area contributed by atoms with Crippen molar-refractivity contribution in [3.63, 3.8) is 0 Å². The number of rotatable bonds is 5. The van der Waals surface area contributed by atoms with E-state index in [2.05, 4.69) is 10.4 Å². The Kier molecular flexibility index (Phi) is 4.96. The zero-order chi connectivity index (χ0) is 18.0. The molecular weight excluding hydrogens is 320 g/mol. The predicted molar refractivity (Wildman–Crippen MR) is 81.9 cm³/mol. The lowest BCUT2D eigenvalue weighted by atomic mass is 10.0. The number of aryl methyl sites for hydroxylation is 1. The summed E-state index contributed by atoms with van der Waals surface area (Å²) in [4.78, 5) is 23.4. The first-order chi connectivity index (χ1) is 11.2. The number of amides is 1. The maximum atomic E-state index is 13.8. The number of para-hydroxylation sites is 1. The maximum absolute atomic E-state index is 13.8. The number of nitrogens with zero attached hydrogens (tertiary/aromatic N) is 2. The third-order valence-electron chi connectivity index (χ3n) is 3.50. The molecule has 2 aromatic rings. The molecule has 24 heavy (non-hydrogen) atoms. The van der Waals surface area contributed by atoms with Crippen LogP contribution in [0.5, 0.6) is 0 Å². The van der Waals surface area contributed by atoms with Crippen molar-refractivity contribution in [3.05, 3.63) is 47.3 Å². The van der Waals surface area contributed by atoms with Gasteiger partial charge < -0.3 is 10.4 Å². The van der Waals surface area contributed by atoms with Crippen LogP contribution in [0.4, 0.5) is 8.78 Å². The number of benzene rings is 1. The van der Waals surface area contributed by atoms with Crippen LogP contribution in [0, 0.1) is 24.5 Å². The fraction of sp³-hybridized carbons (Fsp3) is 0.312. The number of nitrogens with one attached hydrogen (secondary N) is 1. The van der Waals surface area contributed by atoms with Crippen LogP contribution in [0.3, 0.4) is 0 Å². The van der Waals surface area contributed by atoms with E-state index in [9.17, 15) is 18.4 Å². The van der Waals surface area contributed by atoms with Crippen molar-refractivity contribution in [2.24, 2.45) is 5.92 Å². The minimum absolute atomic E-state index is 0.0930. The lowest BCUT2D eigenvalue weighted by molar-refractivity contribution is -0.140. The average molecular weight is 337 g/mol. The summed E-state index contributed by atoms with van der Waals surface area (Å²) in [6.07, 6.45) is 1.31. The highest BCUT2D eigenvalue weighted by Gasteiger charge is 2.26. The van der Waals surface area contributed by atoms with E-state index in [-0.39, 0.29) is 11.6 Å². The Balaban J connectivity index is 2.35. The standard InChI is InChI=1S/C16H17F2N3O3/c1-8(2)12(16(23)24)19-15(22)13-9(3)7-21(20-13)14-10(17)5-4-6-11(14)18/h4-8,12H,1-3H3,(H,19,22)(H,23,24)/t12-/m1/s1. The number of carboxylic acid groups (broad SMARTS) is 1. The minimum Gasteiger partial charge on any atom is -0.480 e. The number of aliphatic carboxylic acids is 1. The van der Waals surface area contributed by atoms with Crippen LogP contribution >= 0.6 is 0 Å². The minimum atomic E-state index is -1.17. The highest BCUT2D eigenvalue weighted by Crippen LogP contribution is 2.19. The molecule has 0 bridgehead atoms. The molecule has 1 amide bonds. The lowest BCUT2D eigenvalue weighted by Crippen LogP contribution is -2.44. The fourth-order valence-corrected chi connectivity index (χ4v) is 2.23. The maximum Gasteiger partial charge on any atom is 0.326 e. The molecule has 1 aromatic heterocycles. The van der Waals surface area contributed by atoms with E-state index in [0.717, 1.165) is 16.8 Å². The molecule has 0 unspecified atom stereocenters. The first-order valence-electron chi connectivity index (χ1n) is 7.26. The third-order valence-corrected chi connectivity index (χ3v) is 3.50. The Morgan fingerprint density at radius 2 is 1.83 bits per heavy atom. The van der Waals surface area contributed by atoms with Gasteiger partial charge in [0.05, 0.1) is 0 Å². The molecule has 0 fully saturated rings. The van der Waals surface area contributed by atoms with Crippen LogP contribution in [-0.2, 0) is 4.79 Å². The second kappa shape index (κ2) is 6.77. The molecule has 6 nitrogen and oxygen atoms in total. The number of carbonyl (C=O) groups excluding carboxylic acids is 1. The number of hydrogen-bond donors (Lipinski definition) is 2. The molecule has 0 aliphatic carbocycles. The molecule has 2 rings (SSSR count). The average Bonchev–Trinajstić information content (AvgIpc) is 2.85. The van der Waals surface area contributed by atoms with E-state index < -0.39 is 35.2 Å². The van der Waals surface area contributed by atoms with Crippen molar-refractivity contribution in [2.45, 2.75) is 26.8 Å². The Morgan fingerprint density at radius 3 is 2.33 bits per heavy atom. The summed E-state index contributed by atoms with van der Waals surface area (Å²) < 4.78 is 28.6. The van der Waals surface area contributed by atoms with Crippen molar-refractivity contribution < 1.29 is 23.5 Å². The molecular formula is C16H17F2N3O3. The van der Waals surface area contributed by atoms with Crippen LogP contribution in [0.2, 0.25) is 0 Å². The molecule has 0 radical (unpaired) electrons. The zero-order valence-corrected chi connectivity index (χ0v) is 13.4. The molecule has 0 aliphatic heterocycles. The Hall–Kier alpha value is -2.77. The molecule has 1 aromatic carbocycles. The molecule has 0 spiro atoms. The number of halogens is 2. The Morgan fingerprint density at radius 1 is 1.25 bits per heavy atom. The Labute approximate surface area is 137 Å². The van der Waals surface area contributed by atoms with Gasteiger partial charge >= 0.3 is 5.97 Å². The predicted octanol–water partition coefficient (Wildman–Crippen LogP) is 2.30. The highest BCUT2D eigenvalue weighted by atomic mass is 19.1. The van der Waals surface area contributed by atoms with Gasteiger partial charge in [-0.1, -0.05) is 19.9 Å². The van der Waals surface area contributed by atoms with Gasteiger partial charge in [0.1, 0.15) is 11.7 Å². The van der Waals surface area contributed by atoms with E-state index in [4.69, 9.17) is 5.11 Å². The lowest BCUT2D eigenvalue weighted by Gasteiger charge is -2.17. The summed E-state index contributed by atoms with van der Waals surface area (Å²) in [5, 5.41) is 15.4. The summed E-state index contributed by atoms with van der Waals surface area (Å²) in [5.74, 6) is -3.87. The van der Waals surface area contributed by atoms with Crippen molar-refractivity contribution in [3.8, 4) is 5.69 Å². The van der Waals surface area contributed by atoms with Gasteiger partial charge in [0.2, 0.25) is 0 Å². The van der Waals surface area contributed by atoms with Gasteiger partial charge in [0, 0.05) is 11.8 Å². The molecule has 2 N–H and O–H groups in total. The van der Waals surface area contributed by atoms with E-state index in [0.29, 0.717) is 5.56 Å². The van der Waals surface area contributed by atoms with Gasteiger partial charge in [-0.15, -0.1) is 0 Å². The van der Waals surface area contributed by atoms with E-state index in [1.165, 1.54) is 12.3 Å². The van der Waals surface area contributed by atoms with Gasteiger partial charge in [-0.3, -0.25) is 4.79 Å². The molecule has 0 saturated heterocycles. The summed E-state index contributed by atoms with van der Waals surface area (Å²) >= 11 is 0. The van der Waals surface area contributed by atoms with Gasteiger partial charge in [-0.25, -0.2) is 18.3 Å². The highest BCUT2D eigenvalue weighted by molar-refractivity contribution is 5.96. The van der Waals surface area contributed by atoms with Crippen molar-refractivity contribution in [1.29, 1.82) is 0 Å². The number of carboxylic acids is 1. The number of hydrogen-bond acceptors (Lipinski definition) is 3. The third kappa shape index (κ3) is 3.42. The van der Waals surface area contributed by atoms with Crippen molar-refractivity contribution in [2.75, 3.05) is 0 Å². The quantitative estimate of drug-likeness (QED) is 0.877. The first-order valence-corrected chi connectivity index (χ1v) is 7.26. The van der Waals surface area contributed by atoms with Crippen LogP contribution in [0.15, 0.2) is 24.4 Å². The van der Waals surface area contributed by atoms with E-state index in [1.54, 1.807) is 20.8 Å². The normalized spacial score (nSPS) is 12.2. The Bertz CT molecular complexity index is 767. The molecule has 128 valence electrons. The number of carbonyl (C=O) groups is 2. The van der Waals surface area contributed by atoms with Crippen molar-refractivity contribution >= 4 is 11.9 Å². The number of aromatic nitrogens is 2. The van der Waals surface area contributed by atoms with Crippen LogP contribution in [0.1, 0.15) is 29.9 Å². The summed E-state index contributed by atoms with van der Waals surface area (Å²) in [6, 6.07) is 2.29. The van der Waals surface area contributed by atoms with Gasteiger partial charge in [0.25, 0.3) is 5.91 Å². The molecule has 8 heteroatoms.